The van der Waals surface area contributed by atoms with Crippen LogP contribution >= 0.6 is 0 Å². The zero-order chi connectivity index (χ0) is 35.8. The van der Waals surface area contributed by atoms with Crippen LogP contribution in [0.2, 0.25) is 0 Å². The molecule has 0 spiro atoms. The summed E-state index contributed by atoms with van der Waals surface area (Å²) in [7, 11) is 0. The van der Waals surface area contributed by atoms with Crippen LogP contribution in [0.3, 0.4) is 0 Å². The van der Waals surface area contributed by atoms with E-state index in [4.69, 9.17) is 9.97 Å². The van der Waals surface area contributed by atoms with Gasteiger partial charge in [-0.25, -0.2) is 9.97 Å². The van der Waals surface area contributed by atoms with Crippen LogP contribution in [0.1, 0.15) is 0 Å². The monoisotopic (exact) mass is 686 g/mol. The van der Waals surface area contributed by atoms with Crippen LogP contribution in [0.15, 0.2) is 206 Å². The topological polar surface area (TPSA) is 25.8 Å². The van der Waals surface area contributed by atoms with Crippen molar-refractivity contribution in [1.82, 2.24) is 9.97 Å². The number of hydrogen-bond acceptors (Lipinski definition) is 2. The number of aromatic nitrogens is 2. The van der Waals surface area contributed by atoms with Gasteiger partial charge in [0.2, 0.25) is 0 Å². The van der Waals surface area contributed by atoms with Gasteiger partial charge in [-0.3, -0.25) is 0 Å². The van der Waals surface area contributed by atoms with E-state index in [-0.39, 0.29) is 0 Å². The number of rotatable bonds is 6. The highest BCUT2D eigenvalue weighted by molar-refractivity contribution is 6.25. The third-order valence-electron chi connectivity index (χ3n) is 10.5. The van der Waals surface area contributed by atoms with E-state index in [0.717, 1.165) is 39.2 Å². The first kappa shape index (κ1) is 31.6. The van der Waals surface area contributed by atoms with E-state index in [9.17, 15) is 0 Å². The van der Waals surface area contributed by atoms with Crippen molar-refractivity contribution in [2.75, 3.05) is 0 Å². The fraction of sp³-hybridized carbons (Fsp3) is 0. The molecule has 0 unspecified atom stereocenters. The van der Waals surface area contributed by atoms with Crippen LogP contribution in [-0.4, -0.2) is 9.97 Å². The summed E-state index contributed by atoms with van der Waals surface area (Å²) in [6.45, 7) is 0. The summed E-state index contributed by atoms with van der Waals surface area (Å²) in [6, 6.07) is 73.5. The zero-order valence-corrected chi connectivity index (χ0v) is 29.5. The number of nitrogens with zero attached hydrogens (tertiary/aromatic N) is 2. The van der Waals surface area contributed by atoms with Gasteiger partial charge < -0.3 is 0 Å². The van der Waals surface area contributed by atoms with Crippen molar-refractivity contribution in [1.29, 1.82) is 0 Å². The molecule has 10 rings (SSSR count). The lowest BCUT2D eigenvalue weighted by molar-refractivity contribution is 1.18. The molecule has 252 valence electrons. The molecule has 0 bridgehead atoms. The molecule has 0 atom stereocenters. The standard InChI is InChI=1S/C52H34N2/c1-3-15-35(16-4-1)37-19-13-21-40(31-37)50-34-51(54-52(53-50)36-17-5-2-6-18-36)41-22-14-20-38(32-41)42-23-7-8-24-43(42)39-29-30-48-46-27-10-9-25-44(46)45-26-11-12-28-47(45)49(48)33-39/h1-34H. The molecule has 0 radical (unpaired) electrons. The average Bonchev–Trinajstić information content (AvgIpc) is 3.27. The lowest BCUT2D eigenvalue weighted by Crippen LogP contribution is -1.96. The Bertz CT molecular complexity index is 2950. The molecule has 54 heavy (non-hydrogen) atoms. The Labute approximate surface area is 314 Å². The van der Waals surface area contributed by atoms with Crippen LogP contribution in [0.4, 0.5) is 0 Å². The fourth-order valence-corrected chi connectivity index (χ4v) is 7.86. The Morgan fingerprint density at radius 3 is 1.22 bits per heavy atom. The van der Waals surface area contributed by atoms with E-state index >= 15 is 0 Å². The van der Waals surface area contributed by atoms with Gasteiger partial charge in [0.1, 0.15) is 0 Å². The van der Waals surface area contributed by atoms with E-state index in [1.165, 1.54) is 54.6 Å². The molecule has 10 aromatic rings. The van der Waals surface area contributed by atoms with Crippen LogP contribution in [0, 0.1) is 0 Å². The van der Waals surface area contributed by atoms with Crippen LogP contribution in [0.5, 0.6) is 0 Å². The summed E-state index contributed by atoms with van der Waals surface area (Å²) >= 11 is 0. The van der Waals surface area contributed by atoms with Gasteiger partial charge in [-0.1, -0.05) is 182 Å². The van der Waals surface area contributed by atoms with E-state index in [1.807, 2.05) is 24.3 Å². The van der Waals surface area contributed by atoms with Crippen molar-refractivity contribution in [3.8, 4) is 67.3 Å². The maximum Gasteiger partial charge on any atom is 0.160 e. The SMILES string of the molecule is c1ccc(-c2cccc(-c3cc(-c4cccc(-c5ccccc5-c5ccc6c7ccccc7c7ccccc7c6c5)c4)nc(-c4ccccc4)n3)c2)cc1. The highest BCUT2D eigenvalue weighted by Gasteiger charge is 2.15. The molecule has 0 saturated carbocycles. The Balaban J connectivity index is 1.10. The molecule has 0 aliphatic heterocycles. The van der Waals surface area contributed by atoms with Gasteiger partial charge in [0.15, 0.2) is 5.82 Å². The van der Waals surface area contributed by atoms with Crippen molar-refractivity contribution in [3.63, 3.8) is 0 Å². The van der Waals surface area contributed by atoms with Gasteiger partial charge in [-0.2, -0.15) is 0 Å². The number of hydrogen-bond donors (Lipinski definition) is 0. The Morgan fingerprint density at radius 1 is 0.222 bits per heavy atom. The van der Waals surface area contributed by atoms with E-state index in [1.54, 1.807) is 0 Å². The Morgan fingerprint density at radius 2 is 0.630 bits per heavy atom. The highest BCUT2D eigenvalue weighted by atomic mass is 14.9. The number of fused-ring (bicyclic) bond motifs is 6. The molecule has 0 fully saturated rings. The fourth-order valence-electron chi connectivity index (χ4n) is 7.86. The van der Waals surface area contributed by atoms with Gasteiger partial charge in [-0.05, 0) is 90.0 Å². The predicted octanol–water partition coefficient (Wildman–Crippen LogP) is 13.9. The van der Waals surface area contributed by atoms with Crippen molar-refractivity contribution in [2.24, 2.45) is 0 Å². The molecule has 0 saturated heterocycles. The van der Waals surface area contributed by atoms with Gasteiger partial charge in [-0.15, -0.1) is 0 Å². The van der Waals surface area contributed by atoms with E-state index in [0.29, 0.717) is 5.82 Å². The highest BCUT2D eigenvalue weighted by Crippen LogP contribution is 2.40. The first-order valence-corrected chi connectivity index (χ1v) is 18.4. The molecule has 1 heterocycles. The Hall–Kier alpha value is -7.16. The maximum atomic E-state index is 5.17. The van der Waals surface area contributed by atoms with Gasteiger partial charge in [0.25, 0.3) is 0 Å². The first-order chi connectivity index (χ1) is 26.8. The molecular weight excluding hydrogens is 653 g/mol. The van der Waals surface area contributed by atoms with Gasteiger partial charge in [0, 0.05) is 16.7 Å². The minimum atomic E-state index is 0.704. The summed E-state index contributed by atoms with van der Waals surface area (Å²) in [5.74, 6) is 0.704. The lowest BCUT2D eigenvalue weighted by atomic mass is 9.89. The van der Waals surface area contributed by atoms with E-state index < -0.39 is 0 Å². The maximum absolute atomic E-state index is 5.17. The predicted molar refractivity (Wildman–Crippen MR) is 227 cm³/mol. The molecule has 0 amide bonds. The smallest absolute Gasteiger partial charge is 0.160 e. The van der Waals surface area contributed by atoms with Crippen molar-refractivity contribution >= 4 is 32.3 Å². The van der Waals surface area contributed by atoms with Crippen LogP contribution in [0.25, 0.3) is 99.6 Å². The second-order valence-electron chi connectivity index (χ2n) is 13.8. The molecule has 2 nitrogen and oxygen atoms in total. The summed E-state index contributed by atoms with van der Waals surface area (Å²) in [6.07, 6.45) is 0. The summed E-state index contributed by atoms with van der Waals surface area (Å²) in [4.78, 5) is 10.3. The first-order valence-electron chi connectivity index (χ1n) is 18.4. The third kappa shape index (κ3) is 5.71. The molecule has 2 heteroatoms. The third-order valence-corrected chi connectivity index (χ3v) is 10.5. The minimum absolute atomic E-state index is 0.704. The Kier molecular flexibility index (Phi) is 7.85. The summed E-state index contributed by atoms with van der Waals surface area (Å²) < 4.78 is 0. The van der Waals surface area contributed by atoms with Crippen LogP contribution in [-0.2, 0) is 0 Å². The lowest BCUT2D eigenvalue weighted by Gasteiger charge is -2.15. The van der Waals surface area contributed by atoms with Crippen molar-refractivity contribution in [3.05, 3.63) is 206 Å². The minimum Gasteiger partial charge on any atom is -0.228 e. The van der Waals surface area contributed by atoms with Gasteiger partial charge in [0.05, 0.1) is 11.4 Å². The molecule has 9 aromatic carbocycles. The average molecular weight is 687 g/mol. The van der Waals surface area contributed by atoms with E-state index in [2.05, 4.69) is 182 Å². The molecule has 0 aliphatic carbocycles. The number of benzene rings is 9. The second kappa shape index (κ2) is 13.4. The van der Waals surface area contributed by atoms with Crippen LogP contribution < -0.4 is 0 Å². The molecule has 0 aliphatic rings. The van der Waals surface area contributed by atoms with Crippen molar-refractivity contribution in [2.45, 2.75) is 0 Å². The summed E-state index contributed by atoms with van der Waals surface area (Å²) in [5, 5.41) is 7.67. The summed E-state index contributed by atoms with van der Waals surface area (Å²) in [5.41, 5.74) is 11.9. The van der Waals surface area contributed by atoms with Gasteiger partial charge >= 0.3 is 0 Å². The zero-order valence-electron chi connectivity index (χ0n) is 29.5. The molecule has 1 aromatic heterocycles. The van der Waals surface area contributed by atoms with Crippen molar-refractivity contribution < 1.29 is 0 Å². The normalized spacial score (nSPS) is 11.3. The molecular formula is C52H34N2. The second-order valence-corrected chi connectivity index (χ2v) is 13.8. The molecule has 0 N–H and O–H groups in total. The largest absolute Gasteiger partial charge is 0.228 e. The quantitative estimate of drug-likeness (QED) is 0.163.